The molecule has 1 fully saturated rings. The number of carbonyl (C=O) groups excluding carboxylic acids is 1. The van der Waals surface area contributed by atoms with Crippen molar-refractivity contribution in [3.8, 4) is 0 Å². The molecule has 0 saturated carbocycles. The first-order valence-electron chi connectivity index (χ1n) is 12.1. The summed E-state index contributed by atoms with van der Waals surface area (Å²) in [4.78, 5) is 12.7. The van der Waals surface area contributed by atoms with Crippen LogP contribution in [0.3, 0.4) is 0 Å². The molecule has 1 amide bonds. The molecule has 5 N–H and O–H groups in total. The van der Waals surface area contributed by atoms with Crippen molar-refractivity contribution in [2.75, 3.05) is 31.7 Å². The van der Waals surface area contributed by atoms with E-state index in [4.69, 9.17) is 9.94 Å². The number of benzene rings is 2. The monoisotopic (exact) mass is 520 g/mol. The summed E-state index contributed by atoms with van der Waals surface area (Å²) < 4.78 is 33.6. The highest BCUT2D eigenvalue weighted by Crippen LogP contribution is 2.21. The quantitative estimate of drug-likeness (QED) is 0.268. The Hall–Kier alpha value is -2.70. The Bertz CT molecular complexity index is 1060. The van der Waals surface area contributed by atoms with E-state index in [1.54, 1.807) is 0 Å². The van der Waals surface area contributed by atoms with Gasteiger partial charge >= 0.3 is 6.09 Å². The Morgan fingerprint density at radius 3 is 2.42 bits per heavy atom. The lowest BCUT2D eigenvalue weighted by atomic mass is 10.0. The minimum absolute atomic E-state index is 0.00859. The minimum atomic E-state index is -3.96. The highest BCUT2D eigenvalue weighted by atomic mass is 32.2. The van der Waals surface area contributed by atoms with Crippen LogP contribution in [0.25, 0.3) is 0 Å². The topological polar surface area (TPSA) is 140 Å². The second-order valence-corrected chi connectivity index (χ2v) is 11.3. The van der Waals surface area contributed by atoms with E-state index in [1.165, 1.54) is 28.6 Å². The number of anilines is 1. The zero-order valence-electron chi connectivity index (χ0n) is 20.6. The van der Waals surface area contributed by atoms with Crippen molar-refractivity contribution in [3.63, 3.8) is 0 Å². The van der Waals surface area contributed by atoms with Gasteiger partial charge in [0.1, 0.15) is 6.10 Å². The predicted molar refractivity (Wildman–Crippen MR) is 136 cm³/mol. The summed E-state index contributed by atoms with van der Waals surface area (Å²) in [6.07, 6.45) is -1.08. The molecule has 0 bridgehead atoms. The number of ether oxygens (including phenoxy) is 1. The van der Waals surface area contributed by atoms with Crippen molar-refractivity contribution in [2.45, 2.75) is 49.8 Å². The molecule has 198 valence electrons. The van der Waals surface area contributed by atoms with Crippen LogP contribution in [-0.4, -0.2) is 73.6 Å². The second-order valence-electron chi connectivity index (χ2n) is 9.38. The van der Waals surface area contributed by atoms with Crippen molar-refractivity contribution in [1.29, 1.82) is 0 Å². The number of nitrogens with zero attached hydrogens (tertiary/aromatic N) is 1. The van der Waals surface area contributed by atoms with Gasteiger partial charge in [-0.25, -0.2) is 13.2 Å². The van der Waals surface area contributed by atoms with Crippen LogP contribution in [0.4, 0.5) is 10.5 Å². The molecule has 3 rings (SSSR count). The van der Waals surface area contributed by atoms with Crippen LogP contribution in [0.15, 0.2) is 59.5 Å². The summed E-state index contributed by atoms with van der Waals surface area (Å²) in [5.74, 6) is -0.00859. The third-order valence-electron chi connectivity index (χ3n) is 5.94. The Balaban J connectivity index is 1.80. The van der Waals surface area contributed by atoms with Gasteiger partial charge in [-0.15, -0.1) is 0 Å². The van der Waals surface area contributed by atoms with Crippen molar-refractivity contribution in [1.82, 2.24) is 14.9 Å². The number of sulfonamides is 1. The number of carbonyl (C=O) groups is 1. The smallest absolute Gasteiger partial charge is 0.407 e. The number of nitrogens with one attached hydrogen (secondary N) is 3. The lowest BCUT2D eigenvalue weighted by molar-refractivity contribution is 0.0756. The summed E-state index contributed by atoms with van der Waals surface area (Å²) in [7, 11) is -3.96. The van der Waals surface area contributed by atoms with Gasteiger partial charge in [-0.2, -0.15) is 4.31 Å². The molecule has 36 heavy (non-hydrogen) atoms. The van der Waals surface area contributed by atoms with Gasteiger partial charge in [0, 0.05) is 19.6 Å². The van der Waals surface area contributed by atoms with Crippen LogP contribution in [0.2, 0.25) is 0 Å². The Morgan fingerprint density at radius 1 is 1.14 bits per heavy atom. The van der Waals surface area contributed by atoms with Crippen LogP contribution in [-0.2, 0) is 21.2 Å². The molecule has 2 aromatic carbocycles. The second kappa shape index (κ2) is 13.0. The lowest BCUT2D eigenvalue weighted by Gasteiger charge is -2.30. The average molecular weight is 521 g/mol. The van der Waals surface area contributed by atoms with Gasteiger partial charge in [0.05, 0.1) is 22.7 Å². The zero-order chi connectivity index (χ0) is 26.1. The third-order valence-corrected chi connectivity index (χ3v) is 7.78. The maximum Gasteiger partial charge on any atom is 0.407 e. The molecule has 10 nitrogen and oxygen atoms in total. The molecule has 0 aliphatic carbocycles. The van der Waals surface area contributed by atoms with Gasteiger partial charge in [-0.3, -0.25) is 10.7 Å². The van der Waals surface area contributed by atoms with E-state index in [-0.39, 0.29) is 30.0 Å². The summed E-state index contributed by atoms with van der Waals surface area (Å²) in [5.41, 5.74) is 3.21. The van der Waals surface area contributed by atoms with E-state index in [0.717, 1.165) is 12.1 Å². The van der Waals surface area contributed by atoms with E-state index in [9.17, 15) is 18.3 Å². The van der Waals surface area contributed by atoms with E-state index < -0.39 is 28.3 Å². The standard InChI is InChI=1S/C25H36N4O6S/c1-18(2)16-29(36(33,34)22-10-8-20(28-32)9-11-22)17-24(30)23(14-19-6-4-3-5-7-19)27-25(31)35-21-12-13-26-15-21/h3-11,18,21,23-24,26,28,30,32H,12-17H2,1-2H3,(H,27,31)/t21-,23-,24+/m0/s1. The van der Waals surface area contributed by atoms with E-state index in [1.807, 2.05) is 49.7 Å². The average Bonchev–Trinajstić information content (AvgIpc) is 3.36. The van der Waals surface area contributed by atoms with Crippen LogP contribution in [0.1, 0.15) is 25.8 Å². The van der Waals surface area contributed by atoms with Crippen LogP contribution < -0.4 is 16.1 Å². The molecular formula is C25H36N4O6S. The fourth-order valence-corrected chi connectivity index (χ4v) is 5.70. The first kappa shape index (κ1) is 27.9. The lowest BCUT2D eigenvalue weighted by Crippen LogP contribution is -2.51. The summed E-state index contributed by atoms with van der Waals surface area (Å²) >= 11 is 0. The predicted octanol–water partition coefficient (Wildman–Crippen LogP) is 2.19. The Kier molecular flexibility index (Phi) is 10.1. The highest BCUT2D eigenvalue weighted by Gasteiger charge is 2.32. The maximum absolute atomic E-state index is 13.4. The number of amides is 1. The first-order valence-corrected chi connectivity index (χ1v) is 13.5. The Morgan fingerprint density at radius 2 is 1.83 bits per heavy atom. The fourth-order valence-electron chi connectivity index (χ4n) is 4.08. The van der Waals surface area contributed by atoms with Crippen molar-refractivity contribution in [2.24, 2.45) is 5.92 Å². The number of aliphatic hydroxyl groups excluding tert-OH is 1. The Labute approximate surface area is 212 Å². The molecule has 1 heterocycles. The summed E-state index contributed by atoms with van der Waals surface area (Å²) in [6.45, 7) is 5.08. The van der Waals surface area contributed by atoms with Gasteiger partial charge in [0.2, 0.25) is 10.0 Å². The molecule has 0 radical (unpaired) electrons. The zero-order valence-corrected chi connectivity index (χ0v) is 21.4. The van der Waals surface area contributed by atoms with Crippen molar-refractivity contribution < 1.29 is 28.3 Å². The molecule has 11 heteroatoms. The number of rotatable bonds is 12. The van der Waals surface area contributed by atoms with Crippen molar-refractivity contribution >= 4 is 21.8 Å². The molecule has 1 aliphatic heterocycles. The summed E-state index contributed by atoms with van der Waals surface area (Å²) in [5, 5.41) is 26.1. The van der Waals surface area contributed by atoms with Gasteiger partial charge in [0.15, 0.2) is 0 Å². The molecule has 2 aromatic rings. The number of alkyl carbamates (subject to hydrolysis) is 1. The molecule has 0 unspecified atom stereocenters. The number of hydrogen-bond donors (Lipinski definition) is 5. The third kappa shape index (κ3) is 7.90. The molecule has 0 spiro atoms. The van der Waals surface area contributed by atoms with Gasteiger partial charge in [-0.1, -0.05) is 44.2 Å². The SMILES string of the molecule is CC(C)CN(C[C@@H](O)[C@H](Cc1ccccc1)NC(=O)O[C@H]1CCNC1)S(=O)(=O)c1ccc(NO)cc1. The molecule has 1 aliphatic rings. The molecular weight excluding hydrogens is 484 g/mol. The molecule has 0 aromatic heterocycles. The minimum Gasteiger partial charge on any atom is -0.445 e. The van der Waals surface area contributed by atoms with Gasteiger partial charge < -0.3 is 20.5 Å². The summed E-state index contributed by atoms with van der Waals surface area (Å²) in [6, 6.07) is 14.3. The highest BCUT2D eigenvalue weighted by molar-refractivity contribution is 7.89. The first-order chi connectivity index (χ1) is 17.2. The number of aliphatic hydroxyl groups is 1. The van der Waals surface area contributed by atoms with E-state index in [2.05, 4.69) is 10.6 Å². The fraction of sp³-hybridized carbons (Fsp3) is 0.480. The molecule has 1 saturated heterocycles. The van der Waals surface area contributed by atoms with Gasteiger partial charge in [0.25, 0.3) is 0 Å². The largest absolute Gasteiger partial charge is 0.445 e. The van der Waals surface area contributed by atoms with Crippen LogP contribution in [0, 0.1) is 5.92 Å². The van der Waals surface area contributed by atoms with Crippen LogP contribution >= 0.6 is 0 Å². The van der Waals surface area contributed by atoms with E-state index in [0.29, 0.717) is 25.1 Å². The van der Waals surface area contributed by atoms with Crippen LogP contribution in [0.5, 0.6) is 0 Å². The van der Waals surface area contributed by atoms with Gasteiger partial charge in [-0.05, 0) is 55.1 Å². The van der Waals surface area contributed by atoms with Crippen molar-refractivity contribution in [3.05, 3.63) is 60.2 Å². The van der Waals surface area contributed by atoms with E-state index >= 15 is 0 Å². The molecule has 3 atom stereocenters. The normalized spacial score (nSPS) is 17.7. The number of hydrogen-bond acceptors (Lipinski definition) is 8. The maximum atomic E-state index is 13.4.